The van der Waals surface area contributed by atoms with Gasteiger partial charge in [0.15, 0.2) is 0 Å². The molecule has 2 unspecified atom stereocenters. The third-order valence-corrected chi connectivity index (χ3v) is 6.16. The molecule has 3 N–H and O–H groups in total. The van der Waals surface area contributed by atoms with Gasteiger partial charge in [-0.15, -0.1) is 6.42 Å². The van der Waals surface area contributed by atoms with Crippen molar-refractivity contribution in [2.75, 3.05) is 12.4 Å². The van der Waals surface area contributed by atoms with Crippen LogP contribution in [0.4, 0.5) is 10.5 Å². The molecule has 3 aromatic carbocycles. The molecule has 0 heterocycles. The number of anilines is 1. The fraction of sp³-hybridized carbons (Fsp3) is 0.281. The van der Waals surface area contributed by atoms with Crippen molar-refractivity contribution in [1.29, 1.82) is 0 Å². The zero-order valence-electron chi connectivity index (χ0n) is 23.4. The monoisotopic (exact) mass is 541 g/mol. The Kier molecular flexibility index (Phi) is 9.57. The minimum atomic E-state index is -1.11. The number of terminal acetylenes is 1. The van der Waals surface area contributed by atoms with Crippen LogP contribution in [0.25, 0.3) is 0 Å². The first-order valence-electron chi connectivity index (χ1n) is 12.9. The summed E-state index contributed by atoms with van der Waals surface area (Å²) in [7, 11) is 1.50. The van der Waals surface area contributed by atoms with Gasteiger partial charge in [0, 0.05) is 24.7 Å². The summed E-state index contributed by atoms with van der Waals surface area (Å²) in [6.07, 6.45) is 5.08. The van der Waals surface area contributed by atoms with Crippen LogP contribution in [0.2, 0.25) is 0 Å². The molecule has 8 heteroatoms. The molecule has 0 fully saturated rings. The molecule has 0 aromatic heterocycles. The van der Waals surface area contributed by atoms with E-state index in [0.717, 1.165) is 5.56 Å². The number of benzene rings is 3. The first-order valence-corrected chi connectivity index (χ1v) is 12.9. The fourth-order valence-electron chi connectivity index (χ4n) is 4.20. The minimum Gasteiger partial charge on any atom is -0.508 e. The molecule has 0 bridgehead atoms. The van der Waals surface area contributed by atoms with Gasteiger partial charge in [-0.1, -0.05) is 54.5 Å². The first kappa shape index (κ1) is 29.8. The summed E-state index contributed by atoms with van der Waals surface area (Å²) in [6, 6.07) is 18.3. The molecule has 3 amide bonds. The number of nitrogens with one attached hydrogen (secondary N) is 2. The third-order valence-electron chi connectivity index (χ3n) is 6.16. The van der Waals surface area contributed by atoms with Crippen LogP contribution >= 0.6 is 0 Å². The molecule has 208 valence electrons. The lowest BCUT2D eigenvalue weighted by atomic mass is 9.97. The van der Waals surface area contributed by atoms with Crippen LogP contribution in [0, 0.1) is 19.3 Å². The number of hydrogen-bond donors (Lipinski definition) is 3. The maximum atomic E-state index is 14.0. The number of ether oxygens (including phenoxy) is 1. The zero-order chi connectivity index (χ0) is 29.4. The molecule has 0 aliphatic carbocycles. The minimum absolute atomic E-state index is 0.0719. The van der Waals surface area contributed by atoms with Crippen molar-refractivity contribution >= 4 is 23.6 Å². The summed E-state index contributed by atoms with van der Waals surface area (Å²) in [6.45, 7) is 7.03. The Labute approximate surface area is 235 Å². The fourth-order valence-corrected chi connectivity index (χ4v) is 4.20. The van der Waals surface area contributed by atoms with Gasteiger partial charge in [-0.3, -0.25) is 9.59 Å². The number of aryl methyl sites for hydroxylation is 1. The van der Waals surface area contributed by atoms with Gasteiger partial charge in [0.25, 0.3) is 5.91 Å². The van der Waals surface area contributed by atoms with Crippen molar-refractivity contribution in [2.45, 2.75) is 51.8 Å². The van der Waals surface area contributed by atoms with E-state index in [2.05, 4.69) is 16.6 Å². The van der Waals surface area contributed by atoms with Crippen molar-refractivity contribution in [2.24, 2.45) is 0 Å². The van der Waals surface area contributed by atoms with E-state index in [1.807, 2.05) is 19.1 Å². The average Bonchev–Trinajstić information content (AvgIpc) is 2.89. The van der Waals surface area contributed by atoms with Gasteiger partial charge in [-0.25, -0.2) is 4.79 Å². The lowest BCUT2D eigenvalue weighted by molar-refractivity contribution is -0.139. The number of alkyl carbamates (subject to hydrolysis) is 1. The molecular weight excluding hydrogens is 506 g/mol. The Bertz CT molecular complexity index is 1400. The maximum absolute atomic E-state index is 14.0. The summed E-state index contributed by atoms with van der Waals surface area (Å²) >= 11 is 0. The van der Waals surface area contributed by atoms with E-state index in [-0.39, 0.29) is 12.2 Å². The van der Waals surface area contributed by atoms with E-state index in [9.17, 15) is 19.5 Å². The van der Waals surface area contributed by atoms with Crippen molar-refractivity contribution in [3.63, 3.8) is 0 Å². The highest BCUT2D eigenvalue weighted by Gasteiger charge is 2.35. The summed E-state index contributed by atoms with van der Waals surface area (Å²) in [4.78, 5) is 41.8. The number of nitrogens with zero attached hydrogens (tertiary/aromatic N) is 1. The molecule has 0 saturated heterocycles. The number of carbonyl (C=O) groups excluding carboxylic acids is 3. The van der Waals surface area contributed by atoms with Crippen molar-refractivity contribution in [3.05, 3.63) is 95.1 Å². The predicted octanol–water partition coefficient (Wildman–Crippen LogP) is 4.96. The summed E-state index contributed by atoms with van der Waals surface area (Å²) in [5.41, 5.74) is 2.28. The molecule has 3 rings (SSSR count). The molecule has 0 aliphatic heterocycles. The molecule has 40 heavy (non-hydrogen) atoms. The highest BCUT2D eigenvalue weighted by atomic mass is 16.6. The van der Waals surface area contributed by atoms with E-state index in [0.29, 0.717) is 22.4 Å². The highest BCUT2D eigenvalue weighted by Crippen LogP contribution is 2.27. The Balaban J connectivity index is 2.01. The van der Waals surface area contributed by atoms with Gasteiger partial charge in [-0.2, -0.15) is 0 Å². The lowest BCUT2D eigenvalue weighted by Gasteiger charge is -2.32. The lowest BCUT2D eigenvalue weighted by Crippen LogP contribution is -2.52. The van der Waals surface area contributed by atoms with Crippen LogP contribution in [0.5, 0.6) is 5.75 Å². The number of amides is 3. The van der Waals surface area contributed by atoms with Gasteiger partial charge >= 0.3 is 6.09 Å². The van der Waals surface area contributed by atoms with Gasteiger partial charge in [-0.05, 0) is 68.7 Å². The summed E-state index contributed by atoms with van der Waals surface area (Å²) in [5.74, 6) is 1.68. The molecule has 8 nitrogen and oxygen atoms in total. The number of carbonyl (C=O) groups is 3. The Morgan fingerprint density at radius 3 is 2.25 bits per heavy atom. The smallest absolute Gasteiger partial charge is 0.408 e. The second kappa shape index (κ2) is 12.9. The predicted molar refractivity (Wildman–Crippen MR) is 155 cm³/mol. The molecule has 0 spiro atoms. The standard InChI is InChI=1S/C32H35N3O5/c1-7-23-13-9-10-14-25(23)28(29(37)33-26-15-11-8-12-21(26)2)35(6)30(38)27(34-31(39)40-32(3,4)5)20-22-16-18-24(36)19-17-22/h1,8-19,27-28,36H,20H2,2-6H3,(H,33,37)(H,34,39). The third kappa shape index (κ3) is 7.87. The average molecular weight is 542 g/mol. The van der Waals surface area contributed by atoms with Crippen molar-refractivity contribution in [3.8, 4) is 18.1 Å². The van der Waals surface area contributed by atoms with Gasteiger partial charge in [0.1, 0.15) is 23.4 Å². The first-order chi connectivity index (χ1) is 18.9. The normalized spacial score (nSPS) is 12.4. The molecule has 3 aromatic rings. The second-order valence-electron chi connectivity index (χ2n) is 10.5. The van der Waals surface area contributed by atoms with E-state index >= 15 is 0 Å². The van der Waals surface area contributed by atoms with Crippen LogP contribution in [-0.2, 0) is 20.7 Å². The highest BCUT2D eigenvalue weighted by molar-refractivity contribution is 5.99. The van der Waals surface area contributed by atoms with E-state index in [1.54, 1.807) is 69.3 Å². The van der Waals surface area contributed by atoms with Crippen LogP contribution in [0.3, 0.4) is 0 Å². The Hall–Kier alpha value is -4.77. The van der Waals surface area contributed by atoms with Gasteiger partial charge < -0.3 is 25.4 Å². The molecule has 2 atom stereocenters. The van der Waals surface area contributed by atoms with Gasteiger partial charge in [0.05, 0.1) is 0 Å². The summed E-state index contributed by atoms with van der Waals surface area (Å²) in [5, 5.41) is 15.3. The molecular formula is C32H35N3O5. The van der Waals surface area contributed by atoms with Crippen molar-refractivity contribution < 1.29 is 24.2 Å². The number of phenols is 1. The zero-order valence-corrected chi connectivity index (χ0v) is 23.4. The van der Waals surface area contributed by atoms with Crippen molar-refractivity contribution in [1.82, 2.24) is 10.2 Å². The van der Waals surface area contributed by atoms with Crippen LogP contribution in [0.15, 0.2) is 72.8 Å². The van der Waals surface area contributed by atoms with E-state index in [4.69, 9.17) is 11.2 Å². The van der Waals surface area contributed by atoms with E-state index in [1.165, 1.54) is 24.1 Å². The largest absolute Gasteiger partial charge is 0.508 e. The number of phenolic OH excluding ortho intramolecular Hbond substituents is 1. The van der Waals surface area contributed by atoms with Crippen LogP contribution < -0.4 is 10.6 Å². The number of likely N-dealkylation sites (N-methyl/N-ethyl adjacent to an activating group) is 1. The molecule has 0 saturated carbocycles. The number of rotatable bonds is 8. The van der Waals surface area contributed by atoms with Crippen LogP contribution in [0.1, 0.15) is 49.1 Å². The van der Waals surface area contributed by atoms with Crippen LogP contribution in [-0.4, -0.2) is 46.6 Å². The quantitative estimate of drug-likeness (QED) is 0.350. The van der Waals surface area contributed by atoms with E-state index < -0.39 is 35.6 Å². The second-order valence-corrected chi connectivity index (χ2v) is 10.5. The Morgan fingerprint density at radius 1 is 1.00 bits per heavy atom. The topological polar surface area (TPSA) is 108 Å². The number of aromatic hydroxyl groups is 1. The molecule has 0 aliphatic rings. The maximum Gasteiger partial charge on any atom is 0.408 e. The SMILES string of the molecule is C#Cc1ccccc1C(C(=O)Nc1ccccc1C)N(C)C(=O)C(Cc1ccc(O)cc1)NC(=O)OC(C)(C)C. The molecule has 0 radical (unpaired) electrons. The number of hydrogen-bond acceptors (Lipinski definition) is 5. The number of para-hydroxylation sites is 1. The summed E-state index contributed by atoms with van der Waals surface area (Å²) < 4.78 is 5.41. The van der Waals surface area contributed by atoms with Gasteiger partial charge in [0.2, 0.25) is 5.91 Å². The Morgan fingerprint density at radius 2 is 1.62 bits per heavy atom.